The molecule has 0 bridgehead atoms. The third kappa shape index (κ3) is 1.38. The van der Waals surface area contributed by atoms with Gasteiger partial charge in [-0.3, -0.25) is 0 Å². The molecule has 1 aliphatic rings. The molecule has 3 heteroatoms. The topological polar surface area (TPSA) is 29.5 Å². The van der Waals surface area contributed by atoms with Gasteiger partial charge in [0, 0.05) is 5.56 Å². The van der Waals surface area contributed by atoms with Crippen LogP contribution in [0.3, 0.4) is 0 Å². The van der Waals surface area contributed by atoms with Crippen molar-refractivity contribution in [3.63, 3.8) is 0 Å². The van der Waals surface area contributed by atoms with Gasteiger partial charge in [-0.2, -0.15) is 0 Å². The Morgan fingerprint density at radius 2 is 2.07 bits per heavy atom. The highest BCUT2D eigenvalue weighted by Crippen LogP contribution is 2.47. The van der Waals surface area contributed by atoms with Crippen LogP contribution in [0.15, 0.2) is 12.1 Å². The summed E-state index contributed by atoms with van der Waals surface area (Å²) in [6.07, 6.45) is 1.27. The molecule has 0 atom stereocenters. The molecule has 1 aromatic rings. The molecule has 1 aromatic carbocycles. The van der Waals surface area contributed by atoms with Crippen LogP contribution in [0.4, 0.5) is 4.39 Å². The van der Waals surface area contributed by atoms with Crippen LogP contribution in [0.25, 0.3) is 0 Å². The first kappa shape index (κ1) is 9.46. The molecule has 2 nitrogen and oxygen atoms in total. The van der Waals surface area contributed by atoms with E-state index in [2.05, 4.69) is 0 Å². The fourth-order valence-corrected chi connectivity index (χ4v) is 1.61. The summed E-state index contributed by atoms with van der Waals surface area (Å²) in [6.45, 7) is 1.86. The lowest BCUT2D eigenvalue weighted by atomic mass is 10.0. The lowest BCUT2D eigenvalue weighted by molar-refractivity contribution is 0.145. The number of halogens is 1. The average Bonchev–Trinajstić information content (AvgIpc) is 2.88. The van der Waals surface area contributed by atoms with Gasteiger partial charge in [0.15, 0.2) is 11.6 Å². The predicted octanol–water partition coefficient (Wildman–Crippen LogP) is 2.12. The van der Waals surface area contributed by atoms with Crippen molar-refractivity contribution < 1.29 is 14.2 Å². The van der Waals surface area contributed by atoms with E-state index in [1.165, 1.54) is 7.11 Å². The lowest BCUT2D eigenvalue weighted by Gasteiger charge is -2.13. The van der Waals surface area contributed by atoms with Crippen molar-refractivity contribution in [3.05, 3.63) is 29.1 Å². The minimum absolute atomic E-state index is 0.209. The van der Waals surface area contributed by atoms with Crippen molar-refractivity contribution in [1.82, 2.24) is 0 Å². The summed E-state index contributed by atoms with van der Waals surface area (Å²) in [5.41, 5.74) is 0.330. The SMILES string of the molecule is COc1cc(C)cc(C2(O)CC2)c1F. The second-order valence-corrected chi connectivity index (χ2v) is 3.86. The van der Waals surface area contributed by atoms with Crippen LogP contribution in [-0.4, -0.2) is 12.2 Å². The van der Waals surface area contributed by atoms with E-state index in [4.69, 9.17) is 4.74 Å². The number of ether oxygens (including phenoxy) is 1. The van der Waals surface area contributed by atoms with Crippen molar-refractivity contribution >= 4 is 0 Å². The monoisotopic (exact) mass is 196 g/mol. The van der Waals surface area contributed by atoms with Gasteiger partial charge in [-0.25, -0.2) is 4.39 Å². The van der Waals surface area contributed by atoms with Crippen LogP contribution in [0.2, 0.25) is 0 Å². The van der Waals surface area contributed by atoms with Crippen molar-refractivity contribution in [1.29, 1.82) is 0 Å². The molecular formula is C11H13FO2. The van der Waals surface area contributed by atoms with Gasteiger partial charge in [-0.1, -0.05) is 0 Å². The summed E-state index contributed by atoms with van der Waals surface area (Å²) in [6, 6.07) is 3.31. The third-order valence-electron chi connectivity index (χ3n) is 2.63. The van der Waals surface area contributed by atoms with E-state index in [0.717, 1.165) is 5.56 Å². The molecule has 14 heavy (non-hydrogen) atoms. The van der Waals surface area contributed by atoms with Crippen LogP contribution < -0.4 is 4.74 Å². The normalized spacial score (nSPS) is 18.0. The summed E-state index contributed by atoms with van der Waals surface area (Å²) in [7, 11) is 1.43. The van der Waals surface area contributed by atoms with Crippen LogP contribution in [0.1, 0.15) is 24.0 Å². The molecule has 2 rings (SSSR count). The van der Waals surface area contributed by atoms with Crippen molar-refractivity contribution in [2.24, 2.45) is 0 Å². The molecule has 1 saturated carbocycles. The van der Waals surface area contributed by atoms with Gasteiger partial charge in [0.25, 0.3) is 0 Å². The molecule has 0 aliphatic heterocycles. The Morgan fingerprint density at radius 1 is 1.43 bits per heavy atom. The average molecular weight is 196 g/mol. The number of rotatable bonds is 2. The minimum atomic E-state index is -0.941. The number of methoxy groups -OCH3 is 1. The number of hydrogen-bond donors (Lipinski definition) is 1. The second-order valence-electron chi connectivity index (χ2n) is 3.86. The second kappa shape index (κ2) is 2.95. The van der Waals surface area contributed by atoms with Crippen molar-refractivity contribution in [2.75, 3.05) is 7.11 Å². The van der Waals surface area contributed by atoms with Gasteiger partial charge >= 0.3 is 0 Å². The first-order valence-corrected chi connectivity index (χ1v) is 4.64. The highest BCUT2D eigenvalue weighted by Gasteiger charge is 2.44. The maximum atomic E-state index is 13.7. The Kier molecular flexibility index (Phi) is 2.00. The number of aliphatic hydroxyl groups is 1. The Balaban J connectivity index is 2.54. The van der Waals surface area contributed by atoms with Crippen LogP contribution in [0.5, 0.6) is 5.75 Å². The molecule has 0 heterocycles. The van der Waals surface area contributed by atoms with E-state index < -0.39 is 11.4 Å². The van der Waals surface area contributed by atoms with E-state index in [0.29, 0.717) is 18.4 Å². The summed E-state index contributed by atoms with van der Waals surface area (Å²) in [4.78, 5) is 0. The molecule has 76 valence electrons. The molecule has 0 spiro atoms. The van der Waals surface area contributed by atoms with Gasteiger partial charge in [-0.15, -0.1) is 0 Å². The maximum absolute atomic E-state index is 13.7. The lowest BCUT2D eigenvalue weighted by Crippen LogP contribution is -2.08. The van der Waals surface area contributed by atoms with Gasteiger partial charge < -0.3 is 9.84 Å². The van der Waals surface area contributed by atoms with Crippen molar-refractivity contribution in [2.45, 2.75) is 25.4 Å². The molecule has 1 fully saturated rings. The smallest absolute Gasteiger partial charge is 0.171 e. The van der Waals surface area contributed by atoms with Gasteiger partial charge in [0.05, 0.1) is 12.7 Å². The van der Waals surface area contributed by atoms with Gasteiger partial charge in [0.1, 0.15) is 0 Å². The largest absolute Gasteiger partial charge is 0.494 e. The van der Waals surface area contributed by atoms with E-state index in [-0.39, 0.29) is 5.75 Å². The molecule has 1 aliphatic carbocycles. The van der Waals surface area contributed by atoms with Gasteiger partial charge in [-0.05, 0) is 37.5 Å². The maximum Gasteiger partial charge on any atom is 0.171 e. The Labute approximate surface area is 82.3 Å². The summed E-state index contributed by atoms with van der Waals surface area (Å²) >= 11 is 0. The van der Waals surface area contributed by atoms with Gasteiger partial charge in [0.2, 0.25) is 0 Å². The van der Waals surface area contributed by atoms with E-state index in [9.17, 15) is 9.50 Å². The highest BCUT2D eigenvalue weighted by atomic mass is 19.1. The fraction of sp³-hybridized carbons (Fsp3) is 0.455. The minimum Gasteiger partial charge on any atom is -0.494 e. The quantitative estimate of drug-likeness (QED) is 0.785. The van der Waals surface area contributed by atoms with Crippen LogP contribution in [0, 0.1) is 12.7 Å². The van der Waals surface area contributed by atoms with E-state index >= 15 is 0 Å². The zero-order chi connectivity index (χ0) is 10.3. The zero-order valence-electron chi connectivity index (χ0n) is 8.30. The van der Waals surface area contributed by atoms with E-state index in [1.807, 2.05) is 6.92 Å². The Morgan fingerprint density at radius 3 is 2.57 bits per heavy atom. The van der Waals surface area contributed by atoms with Crippen LogP contribution in [-0.2, 0) is 5.60 Å². The summed E-state index contributed by atoms with van der Waals surface area (Å²) in [5, 5.41) is 9.83. The zero-order valence-corrected chi connectivity index (χ0v) is 8.30. The molecule has 1 N–H and O–H groups in total. The van der Waals surface area contributed by atoms with E-state index in [1.54, 1.807) is 12.1 Å². The molecule has 0 saturated heterocycles. The van der Waals surface area contributed by atoms with Crippen molar-refractivity contribution in [3.8, 4) is 5.75 Å². The molecule has 0 aromatic heterocycles. The summed E-state index contributed by atoms with van der Waals surface area (Å²) < 4.78 is 18.6. The highest BCUT2D eigenvalue weighted by molar-refractivity contribution is 5.40. The number of benzene rings is 1. The number of hydrogen-bond acceptors (Lipinski definition) is 2. The Hall–Kier alpha value is -1.09. The fourth-order valence-electron chi connectivity index (χ4n) is 1.61. The Bertz CT molecular complexity index is 370. The molecule has 0 radical (unpaired) electrons. The predicted molar refractivity (Wildman–Crippen MR) is 50.8 cm³/mol. The first-order valence-electron chi connectivity index (χ1n) is 4.64. The molecule has 0 unspecified atom stereocenters. The number of aryl methyl sites for hydroxylation is 1. The third-order valence-corrected chi connectivity index (χ3v) is 2.63. The molecule has 0 amide bonds. The van der Waals surface area contributed by atoms with Crippen LogP contribution >= 0.6 is 0 Å². The molecular weight excluding hydrogens is 183 g/mol. The summed E-state index contributed by atoms with van der Waals surface area (Å²) in [5.74, 6) is -0.224. The first-order chi connectivity index (χ1) is 6.57. The standard InChI is InChI=1S/C11H13FO2/c1-7-5-8(11(13)3-4-11)10(12)9(6-7)14-2/h5-6,13H,3-4H2,1-2H3.